The quantitative estimate of drug-likeness (QED) is 0.548. The highest BCUT2D eigenvalue weighted by molar-refractivity contribution is 5.99. The molecule has 6 nitrogen and oxygen atoms in total. The van der Waals surface area contributed by atoms with E-state index in [1.807, 2.05) is 60.0 Å². The van der Waals surface area contributed by atoms with Gasteiger partial charge in [0.15, 0.2) is 5.69 Å². The summed E-state index contributed by atoms with van der Waals surface area (Å²) in [6.07, 6.45) is 2.70. The number of amides is 1. The Balaban J connectivity index is 1.61. The van der Waals surface area contributed by atoms with E-state index in [4.69, 9.17) is 0 Å². The molecule has 0 saturated carbocycles. The highest BCUT2D eigenvalue weighted by atomic mass is 16.2. The van der Waals surface area contributed by atoms with Gasteiger partial charge in [0, 0.05) is 30.2 Å². The van der Waals surface area contributed by atoms with Crippen molar-refractivity contribution in [1.82, 2.24) is 19.7 Å². The molecule has 0 radical (unpaired) electrons. The third-order valence-corrected chi connectivity index (χ3v) is 4.94. The fourth-order valence-corrected chi connectivity index (χ4v) is 3.54. The molecule has 4 rings (SSSR count). The van der Waals surface area contributed by atoms with Gasteiger partial charge >= 0.3 is 0 Å². The normalized spacial score (nSPS) is 11.4. The summed E-state index contributed by atoms with van der Waals surface area (Å²) < 4.78 is 1.96. The van der Waals surface area contributed by atoms with Crippen molar-refractivity contribution in [3.05, 3.63) is 81.7 Å². The van der Waals surface area contributed by atoms with Crippen LogP contribution in [0.4, 0.5) is 0 Å². The lowest BCUT2D eigenvalue weighted by molar-refractivity contribution is 0.0948. The van der Waals surface area contributed by atoms with Gasteiger partial charge in [-0.3, -0.25) is 9.59 Å². The zero-order chi connectivity index (χ0) is 20.5. The number of aryl methyl sites for hydroxylation is 1. The van der Waals surface area contributed by atoms with Crippen molar-refractivity contribution in [3.63, 3.8) is 0 Å². The number of benzene rings is 1. The molecule has 6 heteroatoms. The number of hydrogen-bond donors (Lipinski definition) is 2. The summed E-state index contributed by atoms with van der Waals surface area (Å²) in [6.45, 7) is 6.39. The molecule has 1 aromatic carbocycles. The van der Waals surface area contributed by atoms with Crippen LogP contribution >= 0.6 is 0 Å². The van der Waals surface area contributed by atoms with E-state index in [-0.39, 0.29) is 18.0 Å². The van der Waals surface area contributed by atoms with Crippen LogP contribution in [0.5, 0.6) is 0 Å². The molecule has 0 spiro atoms. The SMILES string of the molecule is Cc1ccc2[nH]c(=O)c(CNC(=O)c3nc(CC(C)C)n4ccccc34)cc2c1. The van der Waals surface area contributed by atoms with E-state index >= 15 is 0 Å². The van der Waals surface area contributed by atoms with Gasteiger partial charge in [-0.1, -0.05) is 31.5 Å². The number of H-pyrrole nitrogens is 1. The van der Waals surface area contributed by atoms with Gasteiger partial charge in [-0.25, -0.2) is 4.98 Å². The number of pyridine rings is 2. The Kier molecular flexibility index (Phi) is 4.92. The number of rotatable bonds is 5. The van der Waals surface area contributed by atoms with E-state index in [0.717, 1.165) is 34.2 Å². The number of carbonyl (C=O) groups is 1. The van der Waals surface area contributed by atoms with Crippen LogP contribution in [-0.2, 0) is 13.0 Å². The maximum absolute atomic E-state index is 12.9. The summed E-state index contributed by atoms with van der Waals surface area (Å²) in [6, 6.07) is 13.4. The second-order valence-corrected chi connectivity index (χ2v) is 7.83. The Morgan fingerprint density at radius 2 is 2.03 bits per heavy atom. The number of carbonyl (C=O) groups excluding carboxylic acids is 1. The van der Waals surface area contributed by atoms with Crippen molar-refractivity contribution in [2.45, 2.75) is 33.7 Å². The van der Waals surface area contributed by atoms with Crippen molar-refractivity contribution in [2.75, 3.05) is 0 Å². The molecule has 0 aliphatic heterocycles. The molecule has 0 unspecified atom stereocenters. The number of nitrogens with zero attached hydrogens (tertiary/aromatic N) is 2. The van der Waals surface area contributed by atoms with Crippen LogP contribution in [0.15, 0.2) is 53.5 Å². The van der Waals surface area contributed by atoms with Crippen LogP contribution < -0.4 is 10.9 Å². The Bertz CT molecular complexity index is 1270. The highest BCUT2D eigenvalue weighted by Gasteiger charge is 2.18. The summed E-state index contributed by atoms with van der Waals surface area (Å²) in [5.41, 5.74) is 3.37. The molecular formula is C23H24N4O2. The fourth-order valence-electron chi connectivity index (χ4n) is 3.54. The van der Waals surface area contributed by atoms with Crippen molar-refractivity contribution in [3.8, 4) is 0 Å². The minimum Gasteiger partial charge on any atom is -0.346 e. The van der Waals surface area contributed by atoms with Crippen LogP contribution in [0.2, 0.25) is 0 Å². The molecule has 0 fully saturated rings. The third kappa shape index (κ3) is 3.78. The van der Waals surface area contributed by atoms with Crippen LogP contribution in [0.25, 0.3) is 16.4 Å². The molecule has 29 heavy (non-hydrogen) atoms. The average Bonchev–Trinajstić information content (AvgIpc) is 3.04. The lowest BCUT2D eigenvalue weighted by atomic mass is 10.1. The van der Waals surface area contributed by atoms with Crippen LogP contribution in [0, 0.1) is 12.8 Å². The van der Waals surface area contributed by atoms with Crippen molar-refractivity contribution >= 4 is 22.3 Å². The first-order chi connectivity index (χ1) is 13.9. The number of imidazole rings is 1. The number of nitrogens with one attached hydrogen (secondary N) is 2. The second kappa shape index (κ2) is 7.54. The predicted molar refractivity (Wildman–Crippen MR) is 114 cm³/mol. The van der Waals surface area contributed by atoms with Crippen LogP contribution in [0.3, 0.4) is 0 Å². The summed E-state index contributed by atoms with van der Waals surface area (Å²) >= 11 is 0. The summed E-state index contributed by atoms with van der Waals surface area (Å²) in [5.74, 6) is 1.00. The Hall–Kier alpha value is -3.41. The van der Waals surface area contributed by atoms with Crippen molar-refractivity contribution in [2.24, 2.45) is 5.92 Å². The first kappa shape index (κ1) is 18.9. The maximum atomic E-state index is 12.9. The molecule has 3 aromatic heterocycles. The summed E-state index contributed by atoms with van der Waals surface area (Å²) in [5, 5.41) is 3.80. The van der Waals surface area contributed by atoms with Gasteiger partial charge in [0.2, 0.25) is 0 Å². The molecule has 2 N–H and O–H groups in total. The smallest absolute Gasteiger partial charge is 0.272 e. The molecule has 0 aliphatic rings. The molecule has 0 aliphatic carbocycles. The van der Waals surface area contributed by atoms with Gasteiger partial charge in [0.25, 0.3) is 11.5 Å². The first-order valence-electron chi connectivity index (χ1n) is 9.79. The zero-order valence-corrected chi connectivity index (χ0v) is 16.8. The minimum atomic E-state index is -0.285. The second-order valence-electron chi connectivity index (χ2n) is 7.83. The minimum absolute atomic E-state index is 0.142. The Morgan fingerprint density at radius 3 is 2.83 bits per heavy atom. The predicted octanol–water partition coefficient (Wildman–Crippen LogP) is 3.61. The summed E-state index contributed by atoms with van der Waals surface area (Å²) in [7, 11) is 0. The van der Waals surface area contributed by atoms with Crippen LogP contribution in [0.1, 0.15) is 41.3 Å². The van der Waals surface area contributed by atoms with Gasteiger partial charge in [0.05, 0.1) is 5.52 Å². The number of aromatic nitrogens is 3. The Morgan fingerprint density at radius 1 is 1.21 bits per heavy atom. The van der Waals surface area contributed by atoms with Crippen LogP contribution in [-0.4, -0.2) is 20.3 Å². The molecule has 4 aromatic rings. The van der Waals surface area contributed by atoms with E-state index in [0.29, 0.717) is 17.2 Å². The largest absolute Gasteiger partial charge is 0.346 e. The summed E-state index contributed by atoms with van der Waals surface area (Å²) in [4.78, 5) is 32.7. The molecule has 148 valence electrons. The monoisotopic (exact) mass is 388 g/mol. The lowest BCUT2D eigenvalue weighted by Crippen LogP contribution is -2.27. The van der Waals surface area contributed by atoms with E-state index < -0.39 is 0 Å². The molecule has 0 atom stereocenters. The van der Waals surface area contributed by atoms with E-state index in [9.17, 15) is 9.59 Å². The number of hydrogen-bond acceptors (Lipinski definition) is 3. The van der Waals surface area contributed by atoms with E-state index in [1.165, 1.54) is 0 Å². The topological polar surface area (TPSA) is 79.3 Å². The highest BCUT2D eigenvalue weighted by Crippen LogP contribution is 2.17. The average molecular weight is 388 g/mol. The van der Waals surface area contributed by atoms with Gasteiger partial charge in [-0.2, -0.15) is 0 Å². The maximum Gasteiger partial charge on any atom is 0.272 e. The van der Waals surface area contributed by atoms with Crippen molar-refractivity contribution in [1.29, 1.82) is 0 Å². The lowest BCUT2D eigenvalue weighted by Gasteiger charge is -2.06. The third-order valence-electron chi connectivity index (χ3n) is 4.94. The number of aromatic amines is 1. The van der Waals surface area contributed by atoms with Gasteiger partial charge in [-0.15, -0.1) is 0 Å². The molecule has 0 saturated heterocycles. The van der Waals surface area contributed by atoms with E-state index in [2.05, 4.69) is 29.1 Å². The molecule has 1 amide bonds. The van der Waals surface area contributed by atoms with Gasteiger partial charge in [0.1, 0.15) is 5.82 Å². The zero-order valence-electron chi connectivity index (χ0n) is 16.8. The van der Waals surface area contributed by atoms with E-state index in [1.54, 1.807) is 0 Å². The number of fused-ring (bicyclic) bond motifs is 2. The first-order valence-corrected chi connectivity index (χ1v) is 9.79. The van der Waals surface area contributed by atoms with Gasteiger partial charge in [-0.05, 0) is 48.6 Å². The molecular weight excluding hydrogens is 364 g/mol. The molecule has 3 heterocycles. The Labute approximate surface area is 168 Å². The molecule has 0 bridgehead atoms. The van der Waals surface area contributed by atoms with Gasteiger partial charge < -0.3 is 14.7 Å². The standard InChI is InChI=1S/C23H24N4O2/c1-14(2)10-20-26-21(19-6-4-5-9-27(19)20)23(29)24-13-17-12-16-11-15(3)7-8-18(16)25-22(17)28/h4-9,11-12,14H,10,13H2,1-3H3,(H,24,29)(H,25,28). The van der Waals surface area contributed by atoms with Crippen molar-refractivity contribution < 1.29 is 4.79 Å². The fraction of sp³-hybridized carbons (Fsp3) is 0.261.